The first kappa shape index (κ1) is 13.2. The molecule has 1 saturated heterocycles. The van der Waals surface area contributed by atoms with Gasteiger partial charge in [-0.2, -0.15) is 0 Å². The molecule has 94 valence electrons. The molecule has 1 amide bonds. The van der Waals surface area contributed by atoms with E-state index in [0.717, 1.165) is 0 Å². The molecular formula is C10H17F2NO3. The SMILES string of the molecule is CC(C)(C)OC(=O)N1CC(F)(F)C[C@]1(C)O. The number of likely N-dealkylation sites (tertiary alicyclic amines) is 1. The minimum absolute atomic E-state index is 0.665. The van der Waals surface area contributed by atoms with Crippen LogP contribution in [0.2, 0.25) is 0 Å². The summed E-state index contributed by atoms with van der Waals surface area (Å²) < 4.78 is 31.1. The van der Waals surface area contributed by atoms with E-state index in [1.807, 2.05) is 0 Å². The average molecular weight is 237 g/mol. The Morgan fingerprint density at radius 2 is 1.94 bits per heavy atom. The molecule has 16 heavy (non-hydrogen) atoms. The predicted molar refractivity (Wildman–Crippen MR) is 53.1 cm³/mol. The van der Waals surface area contributed by atoms with Gasteiger partial charge in [-0.3, -0.25) is 4.90 Å². The summed E-state index contributed by atoms with van der Waals surface area (Å²) in [6.45, 7) is 5.27. The molecule has 1 aliphatic rings. The van der Waals surface area contributed by atoms with E-state index in [0.29, 0.717) is 4.90 Å². The van der Waals surface area contributed by atoms with Crippen molar-refractivity contribution in [1.29, 1.82) is 0 Å². The third-order valence-electron chi connectivity index (χ3n) is 2.18. The van der Waals surface area contributed by atoms with E-state index in [4.69, 9.17) is 4.74 Å². The van der Waals surface area contributed by atoms with Crippen LogP contribution in [0.25, 0.3) is 0 Å². The first-order valence-corrected chi connectivity index (χ1v) is 5.04. The van der Waals surface area contributed by atoms with Crippen molar-refractivity contribution in [2.24, 2.45) is 0 Å². The van der Waals surface area contributed by atoms with Gasteiger partial charge < -0.3 is 9.84 Å². The number of halogens is 2. The maximum atomic E-state index is 13.1. The van der Waals surface area contributed by atoms with E-state index in [2.05, 4.69) is 0 Å². The Kier molecular flexibility index (Phi) is 2.92. The summed E-state index contributed by atoms with van der Waals surface area (Å²) in [5.74, 6) is -3.07. The van der Waals surface area contributed by atoms with E-state index >= 15 is 0 Å². The van der Waals surface area contributed by atoms with Gasteiger partial charge in [-0.15, -0.1) is 0 Å². The van der Waals surface area contributed by atoms with Crippen molar-refractivity contribution in [3.63, 3.8) is 0 Å². The van der Waals surface area contributed by atoms with E-state index in [-0.39, 0.29) is 0 Å². The zero-order valence-corrected chi connectivity index (χ0v) is 9.88. The molecule has 0 bridgehead atoms. The van der Waals surface area contributed by atoms with Crippen LogP contribution in [-0.4, -0.2) is 39.9 Å². The number of carbonyl (C=O) groups is 1. The fourth-order valence-electron chi connectivity index (χ4n) is 1.62. The Morgan fingerprint density at radius 1 is 1.44 bits per heavy atom. The molecule has 1 atom stereocenters. The lowest BCUT2D eigenvalue weighted by molar-refractivity contribution is -0.0738. The molecule has 1 heterocycles. The van der Waals surface area contributed by atoms with E-state index in [9.17, 15) is 18.7 Å². The largest absolute Gasteiger partial charge is 0.444 e. The second-order valence-electron chi connectivity index (χ2n) is 5.32. The van der Waals surface area contributed by atoms with Crippen LogP contribution in [0.4, 0.5) is 13.6 Å². The maximum absolute atomic E-state index is 13.1. The van der Waals surface area contributed by atoms with Crippen molar-refractivity contribution < 1.29 is 23.4 Å². The van der Waals surface area contributed by atoms with Crippen LogP contribution in [0.5, 0.6) is 0 Å². The lowest BCUT2D eigenvalue weighted by Gasteiger charge is -2.31. The Hall–Kier alpha value is -0.910. The Balaban J connectivity index is 2.78. The molecule has 0 aromatic rings. The third-order valence-corrected chi connectivity index (χ3v) is 2.18. The Bertz CT molecular complexity index is 297. The molecule has 6 heteroatoms. The van der Waals surface area contributed by atoms with Gasteiger partial charge in [0.25, 0.3) is 5.92 Å². The van der Waals surface area contributed by atoms with Crippen molar-refractivity contribution in [3.8, 4) is 0 Å². The summed E-state index contributed by atoms with van der Waals surface area (Å²) in [4.78, 5) is 12.2. The van der Waals surface area contributed by atoms with Crippen LogP contribution >= 0.6 is 0 Å². The van der Waals surface area contributed by atoms with Gasteiger partial charge in [0.15, 0.2) is 0 Å². The average Bonchev–Trinajstić information content (AvgIpc) is 2.14. The maximum Gasteiger partial charge on any atom is 0.412 e. The van der Waals surface area contributed by atoms with Crippen LogP contribution in [0.15, 0.2) is 0 Å². The number of carbonyl (C=O) groups excluding carboxylic acids is 1. The van der Waals surface area contributed by atoms with Crippen LogP contribution in [0.1, 0.15) is 34.1 Å². The number of aliphatic hydroxyl groups is 1. The monoisotopic (exact) mass is 237 g/mol. The van der Waals surface area contributed by atoms with Crippen LogP contribution in [0, 0.1) is 0 Å². The first-order chi connectivity index (χ1) is 6.93. The number of amides is 1. The summed E-state index contributed by atoms with van der Waals surface area (Å²) in [6.07, 6.45) is -1.69. The van der Waals surface area contributed by atoms with Gasteiger partial charge in [0, 0.05) is 0 Å². The van der Waals surface area contributed by atoms with Gasteiger partial charge in [0.05, 0.1) is 13.0 Å². The topological polar surface area (TPSA) is 49.8 Å². The molecule has 0 spiro atoms. The number of hydrogen-bond acceptors (Lipinski definition) is 3. The number of nitrogens with zero attached hydrogens (tertiary/aromatic N) is 1. The molecular weight excluding hydrogens is 220 g/mol. The summed E-state index contributed by atoms with van der Waals surface area (Å²) in [7, 11) is 0. The molecule has 1 N–H and O–H groups in total. The fraction of sp³-hybridized carbons (Fsp3) is 0.900. The molecule has 0 aromatic heterocycles. The quantitative estimate of drug-likeness (QED) is 0.700. The Morgan fingerprint density at radius 3 is 2.25 bits per heavy atom. The van der Waals surface area contributed by atoms with E-state index < -0.39 is 36.3 Å². The van der Waals surface area contributed by atoms with Gasteiger partial charge in [-0.1, -0.05) is 0 Å². The fourth-order valence-corrected chi connectivity index (χ4v) is 1.62. The van der Waals surface area contributed by atoms with Gasteiger partial charge in [0.2, 0.25) is 0 Å². The molecule has 1 aliphatic heterocycles. The third kappa shape index (κ3) is 3.04. The first-order valence-electron chi connectivity index (χ1n) is 5.04. The lowest BCUT2D eigenvalue weighted by Crippen LogP contribution is -2.47. The minimum atomic E-state index is -3.07. The van der Waals surface area contributed by atoms with Crippen molar-refractivity contribution >= 4 is 6.09 Å². The number of rotatable bonds is 0. The smallest absolute Gasteiger partial charge is 0.412 e. The van der Waals surface area contributed by atoms with Crippen molar-refractivity contribution in [2.45, 2.75) is 51.4 Å². The van der Waals surface area contributed by atoms with E-state index in [1.54, 1.807) is 20.8 Å². The zero-order valence-electron chi connectivity index (χ0n) is 9.88. The second kappa shape index (κ2) is 3.55. The predicted octanol–water partition coefficient (Wildman–Crippen LogP) is 1.97. The highest BCUT2D eigenvalue weighted by Crippen LogP contribution is 2.38. The van der Waals surface area contributed by atoms with Crippen molar-refractivity contribution in [3.05, 3.63) is 0 Å². The summed E-state index contributed by atoms with van der Waals surface area (Å²) in [6, 6.07) is 0. The van der Waals surface area contributed by atoms with Crippen molar-refractivity contribution in [1.82, 2.24) is 4.90 Å². The highest BCUT2D eigenvalue weighted by molar-refractivity contribution is 5.69. The summed E-state index contributed by atoms with van der Waals surface area (Å²) in [5, 5.41) is 9.70. The van der Waals surface area contributed by atoms with Crippen molar-refractivity contribution in [2.75, 3.05) is 6.54 Å². The molecule has 0 aromatic carbocycles. The highest BCUT2D eigenvalue weighted by atomic mass is 19.3. The summed E-state index contributed by atoms with van der Waals surface area (Å²) >= 11 is 0. The number of ether oxygens (including phenoxy) is 1. The normalized spacial score (nSPS) is 29.3. The molecule has 4 nitrogen and oxygen atoms in total. The molecule has 0 saturated carbocycles. The number of alkyl halides is 2. The summed E-state index contributed by atoms with van der Waals surface area (Å²) in [5.41, 5.74) is -2.63. The van der Waals surface area contributed by atoms with Crippen LogP contribution < -0.4 is 0 Å². The van der Waals surface area contributed by atoms with Gasteiger partial charge in [-0.05, 0) is 27.7 Å². The molecule has 1 fully saturated rings. The molecule has 0 radical (unpaired) electrons. The molecule has 1 rings (SSSR count). The standard InChI is InChI=1S/C10H17F2NO3/c1-8(2,3)16-7(14)13-6-10(11,12)5-9(13,4)15/h15H,5-6H2,1-4H3/t9-/m0/s1. The lowest BCUT2D eigenvalue weighted by atomic mass is 10.1. The van der Waals surface area contributed by atoms with Gasteiger partial charge in [0.1, 0.15) is 11.3 Å². The van der Waals surface area contributed by atoms with Crippen LogP contribution in [-0.2, 0) is 4.74 Å². The van der Waals surface area contributed by atoms with Gasteiger partial charge >= 0.3 is 6.09 Å². The minimum Gasteiger partial charge on any atom is -0.444 e. The van der Waals surface area contributed by atoms with E-state index in [1.165, 1.54) is 6.92 Å². The van der Waals surface area contributed by atoms with Gasteiger partial charge in [-0.25, -0.2) is 13.6 Å². The Labute approximate surface area is 93.2 Å². The molecule has 0 unspecified atom stereocenters. The zero-order chi connectivity index (χ0) is 12.8. The second-order valence-corrected chi connectivity index (χ2v) is 5.32. The molecule has 0 aliphatic carbocycles. The number of hydrogen-bond donors (Lipinski definition) is 1. The highest BCUT2D eigenvalue weighted by Gasteiger charge is 2.54. The van der Waals surface area contributed by atoms with Crippen LogP contribution in [0.3, 0.4) is 0 Å².